The van der Waals surface area contributed by atoms with Crippen LogP contribution < -0.4 is 4.72 Å². The van der Waals surface area contributed by atoms with Crippen molar-refractivity contribution < 1.29 is 13.2 Å². The Bertz CT molecular complexity index is 826. The van der Waals surface area contributed by atoms with Crippen LogP contribution >= 0.6 is 0 Å². The third-order valence-electron chi connectivity index (χ3n) is 4.75. The van der Waals surface area contributed by atoms with Crippen molar-refractivity contribution in [3.63, 3.8) is 0 Å². The number of hydrogen-bond donors (Lipinski definition) is 1. The number of ether oxygens (including phenoxy) is 1. The number of sulfonamides is 1. The number of rotatable bonds is 7. The third-order valence-corrected chi connectivity index (χ3v) is 6.07. The molecular formula is C19H27N3O3S. The summed E-state index contributed by atoms with van der Waals surface area (Å²) < 4.78 is 35.5. The maximum Gasteiger partial charge on any atom is 0.215 e. The van der Waals surface area contributed by atoms with Gasteiger partial charge in [0.25, 0.3) is 0 Å². The van der Waals surface area contributed by atoms with Crippen LogP contribution in [0, 0.1) is 6.92 Å². The zero-order chi connectivity index (χ0) is 18.6. The van der Waals surface area contributed by atoms with Crippen LogP contribution in [0.25, 0.3) is 0 Å². The van der Waals surface area contributed by atoms with E-state index < -0.39 is 10.0 Å². The van der Waals surface area contributed by atoms with Crippen molar-refractivity contribution in [2.75, 3.05) is 32.8 Å². The number of morpholine rings is 1. The number of aromatic nitrogens is 1. The Kier molecular flexibility index (Phi) is 6.13. The lowest BCUT2D eigenvalue weighted by atomic mass is 10.1. The van der Waals surface area contributed by atoms with Gasteiger partial charge in [0.15, 0.2) is 0 Å². The van der Waals surface area contributed by atoms with Crippen molar-refractivity contribution in [3.8, 4) is 0 Å². The first kappa shape index (κ1) is 19.1. The van der Waals surface area contributed by atoms with Crippen LogP contribution in [0.15, 0.2) is 42.6 Å². The third kappa shape index (κ3) is 4.94. The monoisotopic (exact) mass is 377 g/mol. The molecule has 26 heavy (non-hydrogen) atoms. The van der Waals surface area contributed by atoms with Gasteiger partial charge in [-0.2, -0.15) is 0 Å². The highest BCUT2D eigenvalue weighted by Gasteiger charge is 2.26. The Morgan fingerprint density at radius 2 is 1.96 bits per heavy atom. The van der Waals surface area contributed by atoms with Crippen LogP contribution in [0.3, 0.4) is 0 Å². The second-order valence-electron chi connectivity index (χ2n) is 6.80. The van der Waals surface area contributed by atoms with Gasteiger partial charge in [-0.15, -0.1) is 0 Å². The molecule has 6 nitrogen and oxygen atoms in total. The summed E-state index contributed by atoms with van der Waals surface area (Å²) in [6.07, 6.45) is 1.99. The molecular weight excluding hydrogens is 350 g/mol. The molecule has 0 saturated carbocycles. The highest BCUT2D eigenvalue weighted by molar-refractivity contribution is 7.88. The lowest BCUT2D eigenvalue weighted by Gasteiger charge is -2.34. The summed E-state index contributed by atoms with van der Waals surface area (Å²) in [5.74, 6) is -0.00233. The SMILES string of the molecule is Cc1cccc(CS(=O)(=O)NC[C@H](c2cccn2C)N2CCOCC2)c1. The van der Waals surface area contributed by atoms with E-state index in [-0.39, 0.29) is 11.8 Å². The van der Waals surface area contributed by atoms with Crippen LogP contribution in [0.2, 0.25) is 0 Å². The minimum Gasteiger partial charge on any atom is -0.379 e. The first-order valence-electron chi connectivity index (χ1n) is 8.90. The lowest BCUT2D eigenvalue weighted by molar-refractivity contribution is 0.0158. The molecule has 1 aromatic carbocycles. The standard InChI is InChI=1S/C19H27N3O3S/c1-16-5-3-6-17(13-16)15-26(23,24)20-14-19(18-7-4-8-21(18)2)22-9-11-25-12-10-22/h3-8,13,19-20H,9-12,14-15H2,1-2H3/t19-/m1/s1. The highest BCUT2D eigenvalue weighted by atomic mass is 32.2. The van der Waals surface area contributed by atoms with E-state index in [2.05, 4.69) is 20.3 Å². The number of hydrogen-bond acceptors (Lipinski definition) is 4. The van der Waals surface area contributed by atoms with Crippen molar-refractivity contribution in [2.24, 2.45) is 7.05 Å². The van der Waals surface area contributed by atoms with Gasteiger partial charge in [-0.3, -0.25) is 4.90 Å². The molecule has 0 unspecified atom stereocenters. The molecule has 2 aromatic rings. The van der Waals surface area contributed by atoms with Crippen molar-refractivity contribution in [1.82, 2.24) is 14.2 Å². The molecule has 1 atom stereocenters. The van der Waals surface area contributed by atoms with Gasteiger partial charge < -0.3 is 9.30 Å². The number of nitrogens with zero attached hydrogens (tertiary/aromatic N) is 2. The summed E-state index contributed by atoms with van der Waals surface area (Å²) in [5, 5.41) is 0. The summed E-state index contributed by atoms with van der Waals surface area (Å²) in [6.45, 7) is 5.28. The van der Waals surface area contributed by atoms with E-state index in [9.17, 15) is 8.42 Å². The number of benzene rings is 1. The Morgan fingerprint density at radius 3 is 2.62 bits per heavy atom. The number of aryl methyl sites for hydroxylation is 2. The van der Waals surface area contributed by atoms with Gasteiger partial charge in [-0.25, -0.2) is 13.1 Å². The van der Waals surface area contributed by atoms with E-state index in [0.29, 0.717) is 19.8 Å². The van der Waals surface area contributed by atoms with E-state index in [1.54, 1.807) is 0 Å². The van der Waals surface area contributed by atoms with E-state index >= 15 is 0 Å². The van der Waals surface area contributed by atoms with Gasteiger partial charge in [-0.1, -0.05) is 29.8 Å². The van der Waals surface area contributed by atoms with Crippen molar-refractivity contribution >= 4 is 10.0 Å². The lowest BCUT2D eigenvalue weighted by Crippen LogP contribution is -2.44. The molecule has 0 aliphatic carbocycles. The maximum absolute atomic E-state index is 12.6. The zero-order valence-electron chi connectivity index (χ0n) is 15.4. The minimum atomic E-state index is -3.41. The van der Waals surface area contributed by atoms with Crippen LogP contribution in [0.5, 0.6) is 0 Å². The summed E-state index contributed by atoms with van der Waals surface area (Å²) in [7, 11) is -1.42. The zero-order valence-corrected chi connectivity index (χ0v) is 16.2. The Hall–Kier alpha value is -1.67. The molecule has 0 amide bonds. The first-order chi connectivity index (χ1) is 12.4. The predicted molar refractivity (Wildman–Crippen MR) is 102 cm³/mol. The van der Waals surface area contributed by atoms with Crippen molar-refractivity contribution in [1.29, 1.82) is 0 Å². The van der Waals surface area contributed by atoms with E-state index in [0.717, 1.165) is 29.9 Å². The fraction of sp³-hybridized carbons (Fsp3) is 0.474. The Labute approximate surface area is 155 Å². The second kappa shape index (κ2) is 8.35. The molecule has 0 radical (unpaired) electrons. The topological polar surface area (TPSA) is 63.6 Å². The minimum absolute atomic E-state index is 0.00233. The van der Waals surface area contributed by atoms with E-state index in [1.807, 2.05) is 50.5 Å². The fourth-order valence-electron chi connectivity index (χ4n) is 3.41. The van der Waals surface area contributed by atoms with Crippen molar-refractivity contribution in [3.05, 3.63) is 59.4 Å². The Balaban J connectivity index is 1.71. The second-order valence-corrected chi connectivity index (χ2v) is 8.61. The van der Waals surface area contributed by atoms with Crippen LogP contribution in [-0.4, -0.2) is 50.7 Å². The van der Waals surface area contributed by atoms with Gasteiger partial charge in [0.1, 0.15) is 0 Å². The van der Waals surface area contributed by atoms with Gasteiger partial charge in [0.05, 0.1) is 25.0 Å². The van der Waals surface area contributed by atoms with Gasteiger partial charge >= 0.3 is 0 Å². The van der Waals surface area contributed by atoms with Gasteiger partial charge in [0, 0.05) is 38.6 Å². The molecule has 0 bridgehead atoms. The van der Waals surface area contributed by atoms with E-state index in [4.69, 9.17) is 4.74 Å². The molecule has 1 N–H and O–H groups in total. The largest absolute Gasteiger partial charge is 0.379 e. The molecule has 142 valence electrons. The van der Waals surface area contributed by atoms with E-state index in [1.165, 1.54) is 0 Å². The smallest absolute Gasteiger partial charge is 0.215 e. The predicted octanol–water partition coefficient (Wildman–Crippen LogP) is 1.83. The summed E-state index contributed by atoms with van der Waals surface area (Å²) in [6, 6.07) is 11.7. The van der Waals surface area contributed by atoms with Gasteiger partial charge in [0.2, 0.25) is 10.0 Å². The normalized spacial score (nSPS) is 17.3. The van der Waals surface area contributed by atoms with Gasteiger partial charge in [-0.05, 0) is 24.6 Å². The average Bonchev–Trinajstić information content (AvgIpc) is 3.01. The molecule has 1 aliphatic rings. The van der Waals surface area contributed by atoms with Crippen molar-refractivity contribution in [2.45, 2.75) is 18.7 Å². The molecule has 1 aromatic heterocycles. The maximum atomic E-state index is 12.6. The fourth-order valence-corrected chi connectivity index (χ4v) is 4.54. The van der Waals surface area contributed by atoms with Crippen LogP contribution in [-0.2, 0) is 27.6 Å². The Morgan fingerprint density at radius 1 is 1.19 bits per heavy atom. The molecule has 1 fully saturated rings. The quantitative estimate of drug-likeness (QED) is 0.800. The summed E-state index contributed by atoms with van der Waals surface area (Å²) in [4.78, 5) is 2.29. The molecule has 1 aliphatic heterocycles. The molecule has 0 spiro atoms. The molecule has 7 heteroatoms. The summed E-state index contributed by atoms with van der Waals surface area (Å²) in [5.41, 5.74) is 2.97. The highest BCUT2D eigenvalue weighted by Crippen LogP contribution is 2.22. The molecule has 1 saturated heterocycles. The van der Waals surface area contributed by atoms with Crippen LogP contribution in [0.1, 0.15) is 22.9 Å². The molecule has 2 heterocycles. The first-order valence-corrected chi connectivity index (χ1v) is 10.6. The molecule has 3 rings (SSSR count). The number of nitrogens with one attached hydrogen (secondary N) is 1. The van der Waals surface area contributed by atoms with Crippen LogP contribution in [0.4, 0.5) is 0 Å². The summed E-state index contributed by atoms with van der Waals surface area (Å²) >= 11 is 0. The average molecular weight is 378 g/mol.